The minimum Gasteiger partial charge on any atom is -0.490 e. The molecule has 0 aliphatic carbocycles. The molecule has 0 unspecified atom stereocenters. The summed E-state index contributed by atoms with van der Waals surface area (Å²) in [6.07, 6.45) is 1.82. The van der Waals surface area contributed by atoms with Crippen molar-refractivity contribution in [1.82, 2.24) is 4.90 Å². The molecule has 10 heteroatoms. The molecule has 0 saturated carbocycles. The summed E-state index contributed by atoms with van der Waals surface area (Å²) in [6, 6.07) is 18.0. The molecule has 0 bridgehead atoms. The van der Waals surface area contributed by atoms with Gasteiger partial charge in [-0.05, 0) is 107 Å². The number of thioether (sulfide) groups is 1. The number of ether oxygens (including phenoxy) is 3. The molecular weight excluding hydrogens is 639 g/mol. The smallest absolute Gasteiger partial charge is 0.337 e. The van der Waals surface area contributed by atoms with Crippen molar-refractivity contribution in [3.8, 4) is 11.5 Å². The molecule has 4 rings (SSSR count). The van der Waals surface area contributed by atoms with Crippen molar-refractivity contribution >= 4 is 74.8 Å². The van der Waals surface area contributed by atoms with Gasteiger partial charge in [-0.3, -0.25) is 9.69 Å². The molecule has 1 aliphatic heterocycles. The Morgan fingerprint density at radius 1 is 1.11 bits per heavy atom. The average Bonchev–Trinajstić information content (AvgIpc) is 3.17. The zero-order chi connectivity index (χ0) is 27.2. The predicted molar refractivity (Wildman–Crippen MR) is 159 cm³/mol. The molecule has 196 valence electrons. The Hall–Kier alpha value is -3.02. The molecule has 3 aromatic carbocycles. The predicted octanol–water partition coefficient (Wildman–Crippen LogP) is 6.94. The van der Waals surface area contributed by atoms with Crippen molar-refractivity contribution in [3.05, 3.63) is 90.9 Å². The molecule has 1 saturated heterocycles. The van der Waals surface area contributed by atoms with E-state index in [0.29, 0.717) is 51.1 Å². The van der Waals surface area contributed by atoms with E-state index in [1.165, 1.54) is 23.8 Å². The third kappa shape index (κ3) is 6.69. The number of aliphatic imine (C=N–C) groups is 1. The van der Waals surface area contributed by atoms with Crippen LogP contribution in [0.2, 0.25) is 5.02 Å². The average molecular weight is 663 g/mol. The van der Waals surface area contributed by atoms with Gasteiger partial charge < -0.3 is 14.2 Å². The van der Waals surface area contributed by atoms with Crippen LogP contribution in [0.25, 0.3) is 6.08 Å². The van der Waals surface area contributed by atoms with Crippen LogP contribution in [0.15, 0.2) is 70.6 Å². The molecule has 1 fully saturated rings. The molecular formula is C28H24ClIN2O5S. The Kier molecular flexibility index (Phi) is 9.35. The highest BCUT2D eigenvalue weighted by atomic mass is 127. The summed E-state index contributed by atoms with van der Waals surface area (Å²) in [5.41, 5.74) is 2.85. The number of halogens is 2. The number of nitrogens with zero attached hydrogens (tertiary/aromatic N) is 2. The highest BCUT2D eigenvalue weighted by Crippen LogP contribution is 2.38. The summed E-state index contributed by atoms with van der Waals surface area (Å²) in [5, 5.41) is 1.21. The van der Waals surface area contributed by atoms with Gasteiger partial charge in [0, 0.05) is 12.1 Å². The van der Waals surface area contributed by atoms with Crippen LogP contribution in [-0.2, 0) is 16.1 Å². The summed E-state index contributed by atoms with van der Waals surface area (Å²) in [6.45, 7) is 2.75. The van der Waals surface area contributed by atoms with Crippen molar-refractivity contribution in [1.29, 1.82) is 0 Å². The molecule has 0 aromatic heterocycles. The minimum absolute atomic E-state index is 0.157. The Bertz CT molecular complexity index is 1410. The standard InChI is InChI=1S/C28H24ClIN2O5S/c1-4-36-23-14-18(13-22(30)25(23)37-16-17-5-9-20(29)10-6-17)15-24-26(33)32(2)28(38-24)31-21-11-7-19(8-12-21)27(34)35-3/h5-15H,4,16H2,1-3H3. The fraction of sp³-hybridized carbons (Fsp3) is 0.179. The van der Waals surface area contributed by atoms with E-state index in [4.69, 9.17) is 25.8 Å². The van der Waals surface area contributed by atoms with Crippen LogP contribution in [0.4, 0.5) is 5.69 Å². The summed E-state index contributed by atoms with van der Waals surface area (Å²) >= 11 is 9.47. The third-order valence-electron chi connectivity index (χ3n) is 5.44. The Morgan fingerprint density at radius 3 is 2.47 bits per heavy atom. The van der Waals surface area contributed by atoms with Crippen molar-refractivity contribution in [2.45, 2.75) is 13.5 Å². The number of esters is 1. The molecule has 7 nitrogen and oxygen atoms in total. The lowest BCUT2D eigenvalue weighted by molar-refractivity contribution is -0.121. The van der Waals surface area contributed by atoms with E-state index in [1.54, 1.807) is 31.3 Å². The fourth-order valence-electron chi connectivity index (χ4n) is 3.51. The highest BCUT2D eigenvalue weighted by Gasteiger charge is 2.30. The van der Waals surface area contributed by atoms with Gasteiger partial charge in [-0.1, -0.05) is 23.7 Å². The fourth-order valence-corrected chi connectivity index (χ4v) is 5.41. The zero-order valence-corrected chi connectivity index (χ0v) is 24.6. The van der Waals surface area contributed by atoms with E-state index in [2.05, 4.69) is 27.6 Å². The third-order valence-corrected chi connectivity index (χ3v) is 7.56. The summed E-state index contributed by atoms with van der Waals surface area (Å²) < 4.78 is 17.6. The van der Waals surface area contributed by atoms with Gasteiger partial charge >= 0.3 is 5.97 Å². The van der Waals surface area contributed by atoms with E-state index in [-0.39, 0.29) is 5.91 Å². The van der Waals surface area contributed by atoms with E-state index in [9.17, 15) is 9.59 Å². The van der Waals surface area contributed by atoms with Gasteiger partial charge in [0.05, 0.1) is 33.4 Å². The maximum atomic E-state index is 13.0. The quantitative estimate of drug-likeness (QED) is 0.148. The molecule has 0 radical (unpaired) electrons. The number of carbonyl (C=O) groups excluding carboxylic acids is 2. The number of benzene rings is 3. The maximum absolute atomic E-state index is 13.0. The van der Waals surface area contributed by atoms with Crippen LogP contribution in [0.1, 0.15) is 28.4 Å². The Morgan fingerprint density at radius 2 is 1.82 bits per heavy atom. The van der Waals surface area contributed by atoms with Gasteiger partial charge in [0.15, 0.2) is 16.7 Å². The van der Waals surface area contributed by atoms with Crippen molar-refractivity contribution in [3.63, 3.8) is 0 Å². The van der Waals surface area contributed by atoms with Crippen LogP contribution < -0.4 is 9.47 Å². The van der Waals surface area contributed by atoms with Crippen LogP contribution in [0, 0.1) is 3.57 Å². The number of methoxy groups -OCH3 is 1. The van der Waals surface area contributed by atoms with Crippen LogP contribution >= 0.6 is 46.0 Å². The minimum atomic E-state index is -0.417. The highest BCUT2D eigenvalue weighted by molar-refractivity contribution is 14.1. The van der Waals surface area contributed by atoms with Crippen molar-refractivity contribution < 1.29 is 23.8 Å². The summed E-state index contributed by atoms with van der Waals surface area (Å²) in [5.74, 6) is 0.670. The molecule has 1 heterocycles. The van der Waals surface area contributed by atoms with E-state index in [1.807, 2.05) is 49.4 Å². The Labute approximate surface area is 244 Å². The topological polar surface area (TPSA) is 77.4 Å². The lowest BCUT2D eigenvalue weighted by atomic mass is 10.1. The van der Waals surface area contributed by atoms with Crippen molar-refractivity contribution in [2.24, 2.45) is 4.99 Å². The second kappa shape index (κ2) is 12.7. The van der Waals surface area contributed by atoms with Crippen LogP contribution in [-0.4, -0.2) is 42.7 Å². The van der Waals surface area contributed by atoms with Crippen molar-refractivity contribution in [2.75, 3.05) is 20.8 Å². The number of amides is 1. The zero-order valence-electron chi connectivity index (χ0n) is 20.9. The summed E-state index contributed by atoms with van der Waals surface area (Å²) in [4.78, 5) is 31.2. The van der Waals surface area contributed by atoms with Gasteiger partial charge in [-0.2, -0.15) is 0 Å². The van der Waals surface area contributed by atoms with E-state index >= 15 is 0 Å². The SMILES string of the molecule is CCOc1cc(C=C2SC(=Nc3ccc(C(=O)OC)cc3)N(C)C2=O)cc(I)c1OCc1ccc(Cl)cc1. The van der Waals surface area contributed by atoms with Gasteiger partial charge in [-0.15, -0.1) is 0 Å². The van der Waals surface area contributed by atoms with Crippen LogP contribution in [0.5, 0.6) is 11.5 Å². The molecule has 1 aliphatic rings. The second-order valence-corrected chi connectivity index (χ2v) is 10.7. The number of likely N-dealkylation sites (N-methyl/N-ethyl adjacent to an activating group) is 1. The lowest BCUT2D eigenvalue weighted by Gasteiger charge is -2.15. The maximum Gasteiger partial charge on any atom is 0.337 e. The molecule has 0 spiro atoms. The largest absolute Gasteiger partial charge is 0.490 e. The molecule has 1 amide bonds. The molecule has 38 heavy (non-hydrogen) atoms. The van der Waals surface area contributed by atoms with Gasteiger partial charge in [-0.25, -0.2) is 9.79 Å². The number of amidine groups is 1. The van der Waals surface area contributed by atoms with Gasteiger partial charge in [0.1, 0.15) is 6.61 Å². The van der Waals surface area contributed by atoms with E-state index < -0.39 is 5.97 Å². The lowest BCUT2D eigenvalue weighted by Crippen LogP contribution is -2.23. The monoisotopic (exact) mass is 662 g/mol. The van der Waals surface area contributed by atoms with E-state index in [0.717, 1.165) is 14.7 Å². The first kappa shape index (κ1) is 28.0. The second-order valence-electron chi connectivity index (χ2n) is 8.09. The normalized spacial score (nSPS) is 15.3. The van der Waals surface area contributed by atoms with Gasteiger partial charge in [0.2, 0.25) is 0 Å². The number of hydrogen-bond acceptors (Lipinski definition) is 7. The molecule has 3 aromatic rings. The summed E-state index contributed by atoms with van der Waals surface area (Å²) in [7, 11) is 3.02. The first-order chi connectivity index (χ1) is 18.3. The Balaban J connectivity index is 1.55. The number of rotatable bonds is 8. The number of hydrogen-bond donors (Lipinski definition) is 0. The first-order valence-electron chi connectivity index (χ1n) is 11.6. The first-order valence-corrected chi connectivity index (χ1v) is 13.8. The van der Waals surface area contributed by atoms with Gasteiger partial charge in [0.25, 0.3) is 5.91 Å². The number of carbonyl (C=O) groups is 2. The molecule has 0 atom stereocenters. The molecule has 0 N–H and O–H groups in total. The van der Waals surface area contributed by atoms with Crippen LogP contribution in [0.3, 0.4) is 0 Å².